The SMILES string of the molecule is Cc1c(Cl)ccc2c(CCN3CCCC3)cn(CCCO)c12. The van der Waals surface area contributed by atoms with E-state index in [0.717, 1.165) is 36.5 Å². The zero-order valence-electron chi connectivity index (χ0n) is 13.3. The molecular weight excluding hydrogens is 296 g/mol. The van der Waals surface area contributed by atoms with Crippen LogP contribution in [0.3, 0.4) is 0 Å². The van der Waals surface area contributed by atoms with Crippen LogP contribution in [-0.2, 0) is 13.0 Å². The maximum absolute atomic E-state index is 9.13. The number of hydrogen-bond donors (Lipinski definition) is 1. The second-order valence-corrected chi connectivity index (χ2v) is 6.70. The molecule has 1 aliphatic heterocycles. The Kier molecular flexibility index (Phi) is 5.07. The lowest BCUT2D eigenvalue weighted by Gasteiger charge is -2.13. The number of benzene rings is 1. The van der Waals surface area contributed by atoms with Gasteiger partial charge in [-0.25, -0.2) is 0 Å². The minimum absolute atomic E-state index is 0.225. The third kappa shape index (κ3) is 3.17. The van der Waals surface area contributed by atoms with Crippen molar-refractivity contribution in [2.75, 3.05) is 26.2 Å². The Labute approximate surface area is 137 Å². The highest BCUT2D eigenvalue weighted by Crippen LogP contribution is 2.30. The van der Waals surface area contributed by atoms with E-state index in [1.54, 1.807) is 0 Å². The topological polar surface area (TPSA) is 28.4 Å². The van der Waals surface area contributed by atoms with Crippen molar-refractivity contribution in [2.24, 2.45) is 0 Å². The van der Waals surface area contributed by atoms with Gasteiger partial charge in [0, 0.05) is 36.3 Å². The average molecular weight is 321 g/mol. The van der Waals surface area contributed by atoms with E-state index in [0.29, 0.717) is 0 Å². The summed E-state index contributed by atoms with van der Waals surface area (Å²) in [6, 6.07) is 4.16. The third-order valence-electron chi connectivity index (χ3n) is 4.76. The van der Waals surface area contributed by atoms with Gasteiger partial charge in [-0.05, 0) is 62.9 Å². The van der Waals surface area contributed by atoms with Crippen LogP contribution in [0.2, 0.25) is 5.02 Å². The van der Waals surface area contributed by atoms with Crippen LogP contribution in [-0.4, -0.2) is 40.8 Å². The summed E-state index contributed by atoms with van der Waals surface area (Å²) in [4.78, 5) is 2.56. The molecule has 0 spiro atoms. The fourth-order valence-electron chi connectivity index (χ4n) is 3.53. The fraction of sp³-hybridized carbons (Fsp3) is 0.556. The van der Waals surface area contributed by atoms with Crippen molar-refractivity contribution in [3.8, 4) is 0 Å². The molecule has 0 saturated carbocycles. The molecule has 0 amide bonds. The lowest BCUT2D eigenvalue weighted by atomic mass is 10.1. The van der Waals surface area contributed by atoms with E-state index < -0.39 is 0 Å². The van der Waals surface area contributed by atoms with E-state index in [4.69, 9.17) is 16.7 Å². The van der Waals surface area contributed by atoms with Crippen molar-refractivity contribution in [1.29, 1.82) is 0 Å². The molecule has 1 N–H and O–H groups in total. The summed E-state index contributed by atoms with van der Waals surface area (Å²) >= 11 is 6.31. The molecule has 120 valence electrons. The number of rotatable bonds is 6. The van der Waals surface area contributed by atoms with Crippen molar-refractivity contribution in [1.82, 2.24) is 9.47 Å². The summed E-state index contributed by atoms with van der Waals surface area (Å²) in [5, 5.41) is 11.3. The minimum Gasteiger partial charge on any atom is -0.396 e. The number of hydrogen-bond acceptors (Lipinski definition) is 2. The molecule has 3 rings (SSSR count). The average Bonchev–Trinajstić information content (AvgIpc) is 3.14. The molecule has 3 nitrogen and oxygen atoms in total. The summed E-state index contributed by atoms with van der Waals surface area (Å²) < 4.78 is 2.27. The monoisotopic (exact) mass is 320 g/mol. The Balaban J connectivity index is 1.90. The highest BCUT2D eigenvalue weighted by atomic mass is 35.5. The van der Waals surface area contributed by atoms with E-state index in [-0.39, 0.29) is 6.61 Å². The Morgan fingerprint density at radius 1 is 1.18 bits per heavy atom. The first-order valence-corrected chi connectivity index (χ1v) is 8.68. The summed E-state index contributed by atoms with van der Waals surface area (Å²) in [5.41, 5.74) is 3.78. The molecule has 1 fully saturated rings. The quantitative estimate of drug-likeness (QED) is 0.880. The number of aliphatic hydroxyl groups is 1. The van der Waals surface area contributed by atoms with Crippen LogP contribution in [0.5, 0.6) is 0 Å². The smallest absolute Gasteiger partial charge is 0.0527 e. The number of likely N-dealkylation sites (tertiary alicyclic amines) is 1. The van der Waals surface area contributed by atoms with Gasteiger partial charge in [0.25, 0.3) is 0 Å². The highest BCUT2D eigenvalue weighted by molar-refractivity contribution is 6.32. The standard InChI is InChI=1S/C18H25ClN2O/c1-14-17(19)6-5-16-15(7-11-20-8-2-3-9-20)13-21(18(14)16)10-4-12-22/h5-6,13,22H,2-4,7-12H2,1H3. The summed E-state index contributed by atoms with van der Waals surface area (Å²) in [6.07, 6.45) is 6.81. The largest absolute Gasteiger partial charge is 0.396 e. The first-order chi connectivity index (χ1) is 10.7. The molecule has 2 heterocycles. The van der Waals surface area contributed by atoms with Gasteiger partial charge in [-0.2, -0.15) is 0 Å². The molecule has 1 saturated heterocycles. The van der Waals surface area contributed by atoms with Crippen molar-refractivity contribution in [3.63, 3.8) is 0 Å². The molecular formula is C18H25ClN2O. The summed E-state index contributed by atoms with van der Waals surface area (Å²) in [7, 11) is 0. The lowest BCUT2D eigenvalue weighted by molar-refractivity contribution is 0.280. The van der Waals surface area contributed by atoms with Gasteiger partial charge in [-0.15, -0.1) is 0 Å². The van der Waals surface area contributed by atoms with E-state index in [2.05, 4.69) is 28.7 Å². The van der Waals surface area contributed by atoms with Gasteiger partial charge < -0.3 is 14.6 Å². The van der Waals surface area contributed by atoms with E-state index in [1.165, 1.54) is 42.4 Å². The molecule has 22 heavy (non-hydrogen) atoms. The molecule has 1 aromatic carbocycles. The minimum atomic E-state index is 0.225. The highest BCUT2D eigenvalue weighted by Gasteiger charge is 2.15. The van der Waals surface area contributed by atoms with E-state index >= 15 is 0 Å². The molecule has 1 aromatic heterocycles. The van der Waals surface area contributed by atoms with Gasteiger partial charge >= 0.3 is 0 Å². The molecule has 0 radical (unpaired) electrons. The Morgan fingerprint density at radius 3 is 2.68 bits per heavy atom. The van der Waals surface area contributed by atoms with Crippen molar-refractivity contribution in [2.45, 2.75) is 39.2 Å². The molecule has 0 atom stereocenters. The van der Waals surface area contributed by atoms with Gasteiger partial charge in [0.2, 0.25) is 0 Å². The number of aryl methyl sites for hydroxylation is 2. The molecule has 1 aliphatic rings. The number of halogens is 1. The van der Waals surface area contributed by atoms with Crippen molar-refractivity contribution < 1.29 is 5.11 Å². The van der Waals surface area contributed by atoms with Crippen LogP contribution in [0, 0.1) is 6.92 Å². The van der Waals surface area contributed by atoms with E-state index in [1.807, 2.05) is 6.07 Å². The van der Waals surface area contributed by atoms with Gasteiger partial charge in [-0.1, -0.05) is 17.7 Å². The maximum Gasteiger partial charge on any atom is 0.0527 e. The zero-order chi connectivity index (χ0) is 15.5. The first-order valence-electron chi connectivity index (χ1n) is 8.30. The van der Waals surface area contributed by atoms with Crippen LogP contribution in [0.25, 0.3) is 10.9 Å². The second kappa shape index (κ2) is 7.03. The number of aromatic nitrogens is 1. The molecule has 0 bridgehead atoms. The van der Waals surface area contributed by atoms with Gasteiger partial charge in [0.05, 0.1) is 5.52 Å². The first kappa shape index (κ1) is 15.9. The number of aliphatic hydroxyl groups excluding tert-OH is 1. The van der Waals surface area contributed by atoms with Gasteiger partial charge in [0.15, 0.2) is 0 Å². The Bertz CT molecular complexity index is 644. The molecule has 0 aliphatic carbocycles. The number of fused-ring (bicyclic) bond motifs is 1. The molecule has 2 aromatic rings. The summed E-state index contributed by atoms with van der Waals surface area (Å²) in [6.45, 7) is 6.79. The van der Waals surface area contributed by atoms with Crippen LogP contribution in [0.4, 0.5) is 0 Å². The molecule has 4 heteroatoms. The van der Waals surface area contributed by atoms with Gasteiger partial charge in [0.1, 0.15) is 0 Å². The van der Waals surface area contributed by atoms with Crippen molar-refractivity contribution in [3.05, 3.63) is 34.5 Å². The Hall–Kier alpha value is -1.03. The van der Waals surface area contributed by atoms with Crippen LogP contribution in [0.15, 0.2) is 18.3 Å². The maximum atomic E-state index is 9.13. The predicted molar refractivity (Wildman–Crippen MR) is 92.8 cm³/mol. The van der Waals surface area contributed by atoms with Crippen LogP contribution >= 0.6 is 11.6 Å². The Morgan fingerprint density at radius 2 is 1.95 bits per heavy atom. The normalized spacial score (nSPS) is 16.0. The van der Waals surface area contributed by atoms with E-state index in [9.17, 15) is 0 Å². The second-order valence-electron chi connectivity index (χ2n) is 6.29. The third-order valence-corrected chi connectivity index (χ3v) is 5.17. The predicted octanol–water partition coefficient (Wildman–Crippen LogP) is 3.62. The summed E-state index contributed by atoms with van der Waals surface area (Å²) in [5.74, 6) is 0. The molecule has 0 unspecified atom stereocenters. The van der Waals surface area contributed by atoms with Crippen molar-refractivity contribution >= 4 is 22.5 Å². The number of nitrogens with zero attached hydrogens (tertiary/aromatic N) is 2. The van der Waals surface area contributed by atoms with Crippen LogP contribution in [0.1, 0.15) is 30.4 Å². The van der Waals surface area contributed by atoms with Crippen LogP contribution < -0.4 is 0 Å². The fourth-order valence-corrected chi connectivity index (χ4v) is 3.68. The lowest BCUT2D eigenvalue weighted by Crippen LogP contribution is -2.21. The zero-order valence-corrected chi connectivity index (χ0v) is 14.1. The van der Waals surface area contributed by atoms with Gasteiger partial charge in [-0.3, -0.25) is 0 Å².